The molecule has 5 heteroatoms. The minimum absolute atomic E-state index is 0.233. The van der Waals surface area contributed by atoms with Crippen LogP contribution in [0.3, 0.4) is 0 Å². The van der Waals surface area contributed by atoms with Crippen molar-refractivity contribution in [2.75, 3.05) is 6.61 Å². The van der Waals surface area contributed by atoms with Crippen molar-refractivity contribution in [2.45, 2.75) is 0 Å². The molecule has 1 rings (SSSR count). The van der Waals surface area contributed by atoms with Gasteiger partial charge in [0.15, 0.2) is 0 Å². The van der Waals surface area contributed by atoms with Gasteiger partial charge >= 0.3 is 7.60 Å². The van der Waals surface area contributed by atoms with E-state index in [0.29, 0.717) is 0 Å². The second-order valence-electron chi connectivity index (χ2n) is 1.79. The molecule has 0 radical (unpaired) electrons. The third kappa shape index (κ3) is 1.70. The molecule has 1 aliphatic heterocycles. The molecule has 0 unspecified atom stereocenters. The fourth-order valence-corrected chi connectivity index (χ4v) is 1.09. The summed E-state index contributed by atoms with van der Waals surface area (Å²) in [6.07, 6.45) is 4.49. The van der Waals surface area contributed by atoms with Gasteiger partial charge in [-0.3, -0.25) is 4.57 Å². The molecule has 0 atom stereocenters. The Kier molecular flexibility index (Phi) is 1.94. The molecule has 0 aliphatic carbocycles. The summed E-state index contributed by atoms with van der Waals surface area (Å²) in [6.45, 7) is 0.233. The van der Waals surface area contributed by atoms with E-state index < -0.39 is 7.60 Å². The molecule has 0 saturated carbocycles. The summed E-state index contributed by atoms with van der Waals surface area (Å²) < 4.78 is 15.1. The summed E-state index contributed by atoms with van der Waals surface area (Å²) in [5.74, 6) is 0. The van der Waals surface area contributed by atoms with Crippen molar-refractivity contribution < 1.29 is 19.1 Å². The van der Waals surface area contributed by atoms with Crippen LogP contribution in [0.1, 0.15) is 0 Å². The first-order valence-electron chi connectivity index (χ1n) is 2.66. The first kappa shape index (κ1) is 7.54. The van der Waals surface area contributed by atoms with Gasteiger partial charge in [-0.2, -0.15) is 0 Å². The largest absolute Gasteiger partial charge is 0.482 e. The van der Waals surface area contributed by atoms with Crippen molar-refractivity contribution in [3.05, 3.63) is 23.7 Å². The second-order valence-corrected chi connectivity index (χ2v) is 3.32. The highest BCUT2D eigenvalue weighted by atomic mass is 31.2. The Labute approximate surface area is 58.0 Å². The van der Waals surface area contributed by atoms with E-state index in [4.69, 9.17) is 9.79 Å². The molecule has 4 nitrogen and oxygen atoms in total. The van der Waals surface area contributed by atoms with Crippen LogP contribution in [0.15, 0.2) is 23.7 Å². The zero-order valence-corrected chi connectivity index (χ0v) is 5.99. The third-order valence-electron chi connectivity index (χ3n) is 0.989. The predicted octanol–water partition coefficient (Wildman–Crippen LogP) is 0.592. The lowest BCUT2D eigenvalue weighted by Crippen LogP contribution is -1.96. The Hall–Kier alpha value is -0.570. The minimum atomic E-state index is -4.15. The third-order valence-corrected chi connectivity index (χ3v) is 1.84. The fourth-order valence-electron chi connectivity index (χ4n) is 0.569. The zero-order chi connectivity index (χ0) is 7.61. The molecule has 0 spiro atoms. The number of hydrogen-bond acceptors (Lipinski definition) is 2. The second kappa shape index (κ2) is 2.58. The SMILES string of the molecule is O=P(O)(O)C1=CC=CCO1. The van der Waals surface area contributed by atoms with E-state index in [9.17, 15) is 4.57 Å². The maximum atomic E-state index is 10.5. The van der Waals surface area contributed by atoms with Crippen LogP contribution in [0.25, 0.3) is 0 Å². The smallest absolute Gasteiger partial charge is 0.390 e. The van der Waals surface area contributed by atoms with Crippen LogP contribution in [0.5, 0.6) is 0 Å². The van der Waals surface area contributed by atoms with Crippen LogP contribution in [-0.4, -0.2) is 16.4 Å². The van der Waals surface area contributed by atoms with E-state index >= 15 is 0 Å². The summed E-state index contributed by atoms with van der Waals surface area (Å²) in [4.78, 5) is 17.1. The summed E-state index contributed by atoms with van der Waals surface area (Å²) >= 11 is 0. The van der Waals surface area contributed by atoms with Gasteiger partial charge in [-0.1, -0.05) is 6.08 Å². The van der Waals surface area contributed by atoms with Gasteiger partial charge in [-0.05, 0) is 12.2 Å². The van der Waals surface area contributed by atoms with Crippen LogP contribution in [-0.2, 0) is 9.30 Å². The van der Waals surface area contributed by atoms with Crippen molar-refractivity contribution in [1.29, 1.82) is 0 Å². The van der Waals surface area contributed by atoms with Crippen molar-refractivity contribution in [1.82, 2.24) is 0 Å². The molecular formula is C5H7O4P. The quantitative estimate of drug-likeness (QED) is 0.554. The molecule has 0 bridgehead atoms. The van der Waals surface area contributed by atoms with E-state index in [0.717, 1.165) is 0 Å². The summed E-state index contributed by atoms with van der Waals surface area (Å²) in [7, 11) is -4.15. The summed E-state index contributed by atoms with van der Waals surface area (Å²) in [5.41, 5.74) is -0.255. The van der Waals surface area contributed by atoms with Gasteiger partial charge in [0, 0.05) is 0 Å². The molecule has 1 heterocycles. The van der Waals surface area contributed by atoms with Crippen molar-refractivity contribution in [3.63, 3.8) is 0 Å². The van der Waals surface area contributed by atoms with Gasteiger partial charge in [0.1, 0.15) is 6.61 Å². The van der Waals surface area contributed by atoms with Crippen molar-refractivity contribution in [2.24, 2.45) is 0 Å². The first-order chi connectivity index (χ1) is 4.61. The van der Waals surface area contributed by atoms with Gasteiger partial charge in [0.2, 0.25) is 5.50 Å². The number of allylic oxidation sites excluding steroid dienone is 2. The molecule has 0 fully saturated rings. The van der Waals surface area contributed by atoms with Crippen LogP contribution in [0.4, 0.5) is 0 Å². The first-order valence-corrected chi connectivity index (χ1v) is 4.27. The molecule has 0 aromatic heterocycles. The summed E-state index contributed by atoms with van der Waals surface area (Å²) in [5, 5.41) is 0. The van der Waals surface area contributed by atoms with E-state index in [-0.39, 0.29) is 12.1 Å². The monoisotopic (exact) mass is 162 g/mol. The van der Waals surface area contributed by atoms with Crippen LogP contribution >= 0.6 is 7.60 Å². The average molecular weight is 162 g/mol. The Morgan fingerprint density at radius 2 is 2.30 bits per heavy atom. The van der Waals surface area contributed by atoms with Gasteiger partial charge in [-0.25, -0.2) is 0 Å². The molecule has 0 aromatic rings. The molecule has 56 valence electrons. The lowest BCUT2D eigenvalue weighted by atomic mass is 10.4. The van der Waals surface area contributed by atoms with Crippen LogP contribution in [0.2, 0.25) is 0 Å². The minimum Gasteiger partial charge on any atom is -0.482 e. The van der Waals surface area contributed by atoms with Gasteiger partial charge in [-0.15, -0.1) is 0 Å². The van der Waals surface area contributed by atoms with Gasteiger partial charge in [0.05, 0.1) is 0 Å². The van der Waals surface area contributed by atoms with Gasteiger partial charge < -0.3 is 14.5 Å². The molecule has 0 aromatic carbocycles. The van der Waals surface area contributed by atoms with Crippen molar-refractivity contribution in [3.8, 4) is 0 Å². The normalized spacial score (nSPS) is 18.0. The molecule has 1 aliphatic rings. The highest BCUT2D eigenvalue weighted by Crippen LogP contribution is 2.45. The van der Waals surface area contributed by atoms with E-state index in [2.05, 4.69) is 4.74 Å². The molecular weight excluding hydrogens is 155 g/mol. The lowest BCUT2D eigenvalue weighted by Gasteiger charge is -2.11. The Bertz CT molecular complexity index is 224. The Morgan fingerprint density at radius 3 is 2.60 bits per heavy atom. The Balaban J connectivity index is 2.82. The highest BCUT2D eigenvalue weighted by Gasteiger charge is 2.22. The maximum absolute atomic E-state index is 10.5. The van der Waals surface area contributed by atoms with Crippen LogP contribution < -0.4 is 0 Å². The average Bonchev–Trinajstić information content (AvgIpc) is 1.88. The van der Waals surface area contributed by atoms with E-state index in [1.54, 1.807) is 12.2 Å². The van der Waals surface area contributed by atoms with Crippen molar-refractivity contribution >= 4 is 7.60 Å². The topological polar surface area (TPSA) is 66.8 Å². The number of rotatable bonds is 1. The highest BCUT2D eigenvalue weighted by molar-refractivity contribution is 7.56. The maximum Gasteiger partial charge on any atom is 0.390 e. The number of hydrogen-bond donors (Lipinski definition) is 2. The molecule has 10 heavy (non-hydrogen) atoms. The van der Waals surface area contributed by atoms with Gasteiger partial charge in [0.25, 0.3) is 0 Å². The zero-order valence-electron chi connectivity index (χ0n) is 5.10. The van der Waals surface area contributed by atoms with Crippen LogP contribution in [0, 0.1) is 0 Å². The fraction of sp³-hybridized carbons (Fsp3) is 0.200. The molecule has 0 saturated heterocycles. The number of ether oxygens (including phenoxy) is 1. The molecule has 2 N–H and O–H groups in total. The van der Waals surface area contributed by atoms with E-state index in [1.807, 2.05) is 0 Å². The Morgan fingerprint density at radius 1 is 1.60 bits per heavy atom. The standard InChI is InChI=1S/C5H7O4P/c6-10(7,8)5-3-1-2-4-9-5/h1-3H,4H2,(H2,6,7,8). The molecule has 0 amide bonds. The van der Waals surface area contributed by atoms with E-state index in [1.165, 1.54) is 6.08 Å². The predicted molar refractivity (Wildman–Crippen MR) is 35.2 cm³/mol. The lowest BCUT2D eigenvalue weighted by molar-refractivity contribution is 0.242. The summed E-state index contributed by atoms with van der Waals surface area (Å²) in [6, 6.07) is 0.